The van der Waals surface area contributed by atoms with E-state index < -0.39 is 0 Å². The summed E-state index contributed by atoms with van der Waals surface area (Å²) in [6.07, 6.45) is 6.85. The van der Waals surface area contributed by atoms with Crippen LogP contribution < -0.4 is 4.74 Å². The molecular formula is C42H29NO. The lowest BCUT2D eigenvalue weighted by Gasteiger charge is -2.19. The zero-order valence-corrected chi connectivity index (χ0v) is 24.1. The largest absolute Gasteiger partial charge is 0.485 e. The van der Waals surface area contributed by atoms with Crippen molar-refractivity contribution < 1.29 is 4.74 Å². The summed E-state index contributed by atoms with van der Waals surface area (Å²) in [6.45, 7) is 0. The van der Waals surface area contributed by atoms with Crippen LogP contribution in [0.15, 0.2) is 164 Å². The number of hydrogen-bond donors (Lipinski definition) is 0. The second kappa shape index (κ2) is 10.00. The summed E-state index contributed by atoms with van der Waals surface area (Å²) in [5, 5.41) is 2.57. The predicted octanol–water partition coefficient (Wildman–Crippen LogP) is 10.6. The van der Waals surface area contributed by atoms with Crippen molar-refractivity contribution in [2.45, 2.75) is 12.0 Å². The average molecular weight is 564 g/mol. The first-order valence-corrected chi connectivity index (χ1v) is 15.3. The van der Waals surface area contributed by atoms with Gasteiger partial charge in [0.1, 0.15) is 11.9 Å². The molecule has 0 N–H and O–H groups in total. The fourth-order valence-electron chi connectivity index (χ4n) is 6.96. The van der Waals surface area contributed by atoms with E-state index in [1.165, 1.54) is 66.4 Å². The van der Waals surface area contributed by atoms with E-state index in [4.69, 9.17) is 4.74 Å². The van der Waals surface area contributed by atoms with E-state index in [-0.39, 0.29) is 6.10 Å². The van der Waals surface area contributed by atoms with Gasteiger partial charge in [-0.15, -0.1) is 0 Å². The van der Waals surface area contributed by atoms with Crippen LogP contribution in [0.4, 0.5) is 0 Å². The van der Waals surface area contributed by atoms with Crippen molar-refractivity contribution >= 4 is 27.4 Å². The number of nitrogens with zero attached hydrogens (tertiary/aromatic N) is 1. The molecule has 1 aromatic heterocycles. The number of rotatable bonds is 4. The minimum Gasteiger partial charge on any atom is -0.485 e. The highest BCUT2D eigenvalue weighted by Gasteiger charge is 2.32. The molecule has 0 fully saturated rings. The summed E-state index contributed by atoms with van der Waals surface area (Å²) < 4.78 is 8.59. The molecule has 208 valence electrons. The molecule has 2 heteroatoms. The predicted molar refractivity (Wildman–Crippen MR) is 182 cm³/mol. The molecule has 0 amide bonds. The van der Waals surface area contributed by atoms with Crippen molar-refractivity contribution in [2.75, 3.05) is 0 Å². The first-order valence-electron chi connectivity index (χ1n) is 15.3. The lowest BCUT2D eigenvalue weighted by Crippen LogP contribution is -2.17. The molecule has 1 aliphatic heterocycles. The number of fused-ring (bicyclic) bond motifs is 6. The maximum absolute atomic E-state index is 6.23. The fraction of sp³-hybridized carbons (Fsp3) is 0.0476. The summed E-state index contributed by atoms with van der Waals surface area (Å²) in [6, 6.07) is 52.3. The van der Waals surface area contributed by atoms with Crippen LogP contribution in [0.25, 0.3) is 55.3 Å². The molecule has 2 atom stereocenters. The van der Waals surface area contributed by atoms with Gasteiger partial charge < -0.3 is 9.30 Å². The molecule has 44 heavy (non-hydrogen) atoms. The lowest BCUT2D eigenvalue weighted by atomic mass is 9.87. The smallest absolute Gasteiger partial charge is 0.128 e. The topological polar surface area (TPSA) is 14.2 Å². The molecule has 0 spiro atoms. The van der Waals surface area contributed by atoms with E-state index in [1.54, 1.807) is 0 Å². The molecule has 2 nitrogen and oxygen atoms in total. The third-order valence-corrected chi connectivity index (χ3v) is 9.20. The van der Waals surface area contributed by atoms with Gasteiger partial charge in [-0.3, -0.25) is 0 Å². The molecule has 0 saturated carbocycles. The SMILES string of the molecule is C1=CC2c3ccccc3O[C@H]2C=C1c1ccc(-c2ccc(-c3ccc(-n4c5ccccc5c5ccccc54)cc3)cc2)cc1. The molecule has 1 unspecified atom stereocenters. The number of para-hydroxylation sites is 3. The van der Waals surface area contributed by atoms with Gasteiger partial charge in [-0.2, -0.15) is 0 Å². The Balaban J connectivity index is 0.948. The Morgan fingerprint density at radius 3 is 1.59 bits per heavy atom. The minimum atomic E-state index is 0.0654. The van der Waals surface area contributed by atoms with Crippen LogP contribution in [0.2, 0.25) is 0 Å². The van der Waals surface area contributed by atoms with Crippen molar-refractivity contribution in [3.8, 4) is 33.7 Å². The van der Waals surface area contributed by atoms with Crippen LogP contribution >= 0.6 is 0 Å². The fourth-order valence-corrected chi connectivity index (χ4v) is 6.96. The number of benzene rings is 6. The highest BCUT2D eigenvalue weighted by atomic mass is 16.5. The van der Waals surface area contributed by atoms with Gasteiger partial charge in [0, 0.05) is 27.9 Å². The zero-order valence-electron chi connectivity index (χ0n) is 24.1. The number of hydrogen-bond acceptors (Lipinski definition) is 1. The summed E-state index contributed by atoms with van der Waals surface area (Å²) in [5.74, 6) is 1.31. The summed E-state index contributed by atoms with van der Waals surface area (Å²) in [7, 11) is 0. The van der Waals surface area contributed by atoms with Crippen molar-refractivity contribution in [3.63, 3.8) is 0 Å². The first kappa shape index (κ1) is 24.9. The van der Waals surface area contributed by atoms with Crippen LogP contribution in [-0.4, -0.2) is 10.7 Å². The van der Waals surface area contributed by atoms with Crippen LogP contribution in [0, 0.1) is 0 Å². The monoisotopic (exact) mass is 563 g/mol. The highest BCUT2D eigenvalue weighted by Crippen LogP contribution is 2.43. The van der Waals surface area contributed by atoms with Crippen LogP contribution in [-0.2, 0) is 0 Å². The Morgan fingerprint density at radius 2 is 0.977 bits per heavy atom. The maximum atomic E-state index is 6.23. The first-order chi connectivity index (χ1) is 21.8. The summed E-state index contributed by atoms with van der Waals surface area (Å²) >= 11 is 0. The molecule has 0 saturated heterocycles. The second-order valence-electron chi connectivity index (χ2n) is 11.7. The number of aromatic nitrogens is 1. The molecule has 9 rings (SSSR count). The molecule has 7 aromatic rings. The van der Waals surface area contributed by atoms with Crippen molar-refractivity contribution in [1.82, 2.24) is 4.57 Å². The molecule has 2 heterocycles. The maximum Gasteiger partial charge on any atom is 0.128 e. The standard InChI is InChI=1S/C42H29NO/c1-4-10-39-35(7-1)36-8-2-5-11-40(36)43(39)34-24-21-31(22-25-34)30-15-13-28(14-16-30)29-17-19-32(20-18-29)33-23-26-38-37-9-3-6-12-41(37)44-42(38)27-33/h1-27,38,42H/t38?,42-/m0/s1. The van der Waals surface area contributed by atoms with Crippen molar-refractivity contribution in [3.05, 3.63) is 175 Å². The highest BCUT2D eigenvalue weighted by molar-refractivity contribution is 6.09. The van der Waals surface area contributed by atoms with Crippen LogP contribution in [0.1, 0.15) is 17.0 Å². The third-order valence-electron chi connectivity index (χ3n) is 9.20. The van der Waals surface area contributed by atoms with Gasteiger partial charge in [0.25, 0.3) is 0 Å². The van der Waals surface area contributed by atoms with E-state index in [2.05, 4.69) is 162 Å². The van der Waals surface area contributed by atoms with Gasteiger partial charge in [0.15, 0.2) is 0 Å². The normalized spacial score (nSPS) is 16.9. The van der Waals surface area contributed by atoms with E-state index in [0.717, 1.165) is 5.75 Å². The third kappa shape index (κ3) is 4.03. The van der Waals surface area contributed by atoms with E-state index in [0.29, 0.717) is 5.92 Å². The van der Waals surface area contributed by atoms with Crippen molar-refractivity contribution in [1.29, 1.82) is 0 Å². The second-order valence-corrected chi connectivity index (χ2v) is 11.7. The van der Waals surface area contributed by atoms with E-state index >= 15 is 0 Å². The average Bonchev–Trinajstić information content (AvgIpc) is 3.64. The Hall–Kier alpha value is -5.60. The van der Waals surface area contributed by atoms with Gasteiger partial charge in [0.05, 0.1) is 11.0 Å². The van der Waals surface area contributed by atoms with Gasteiger partial charge in [-0.25, -0.2) is 0 Å². The Bertz CT molecular complexity index is 2180. The van der Waals surface area contributed by atoms with E-state index in [9.17, 15) is 0 Å². The zero-order chi connectivity index (χ0) is 29.0. The summed E-state index contributed by atoms with van der Waals surface area (Å²) in [5.41, 5.74) is 12.2. The lowest BCUT2D eigenvalue weighted by molar-refractivity contribution is 0.269. The van der Waals surface area contributed by atoms with Gasteiger partial charge >= 0.3 is 0 Å². The van der Waals surface area contributed by atoms with Gasteiger partial charge in [-0.1, -0.05) is 127 Å². The molecule has 2 aliphatic rings. The van der Waals surface area contributed by atoms with Crippen LogP contribution in [0.5, 0.6) is 5.75 Å². The molecule has 0 bridgehead atoms. The molecule has 6 aromatic carbocycles. The molecule has 1 aliphatic carbocycles. The quantitative estimate of drug-likeness (QED) is 0.208. The Morgan fingerprint density at radius 1 is 0.477 bits per heavy atom. The van der Waals surface area contributed by atoms with E-state index in [1.807, 2.05) is 6.07 Å². The van der Waals surface area contributed by atoms with Crippen molar-refractivity contribution in [2.24, 2.45) is 0 Å². The molecular weight excluding hydrogens is 534 g/mol. The number of allylic oxidation sites excluding steroid dienone is 2. The number of ether oxygens (including phenoxy) is 1. The Labute approximate surface area is 256 Å². The van der Waals surface area contributed by atoms with Gasteiger partial charge in [0.2, 0.25) is 0 Å². The van der Waals surface area contributed by atoms with Gasteiger partial charge in [-0.05, 0) is 69.8 Å². The molecule has 0 radical (unpaired) electrons. The van der Waals surface area contributed by atoms with Crippen LogP contribution in [0.3, 0.4) is 0 Å². The minimum absolute atomic E-state index is 0.0654. The summed E-state index contributed by atoms with van der Waals surface area (Å²) in [4.78, 5) is 0. The Kier molecular flexibility index (Phi) is 5.67.